The Balaban J connectivity index is 2.25. The van der Waals surface area contributed by atoms with Crippen LogP contribution in [0.2, 0.25) is 0 Å². The van der Waals surface area contributed by atoms with Crippen molar-refractivity contribution in [3.8, 4) is 0 Å². The molecule has 2 heteroatoms. The lowest BCUT2D eigenvalue weighted by atomic mass is 10.0. The van der Waals surface area contributed by atoms with Crippen LogP contribution in [0.15, 0.2) is 0 Å². The van der Waals surface area contributed by atoms with E-state index in [1.807, 2.05) is 0 Å². The molecule has 0 aromatic rings. The van der Waals surface area contributed by atoms with Gasteiger partial charge in [-0.3, -0.25) is 0 Å². The minimum atomic E-state index is 0.471. The zero-order chi connectivity index (χ0) is 11.1. The fraction of sp³-hybridized carbons (Fsp3) is 1.00. The molecule has 90 valence electrons. The number of hydrogen-bond donors (Lipinski definition) is 1. The standard InChI is InChI=1S/C13H27NO/c1-4-6-8-11(3)14-12(5-2)13-9-7-10-15-13/h11-14H,4-10H2,1-3H3. The van der Waals surface area contributed by atoms with Gasteiger partial charge in [0.15, 0.2) is 0 Å². The van der Waals surface area contributed by atoms with Crippen molar-refractivity contribution in [2.45, 2.75) is 77.5 Å². The van der Waals surface area contributed by atoms with Gasteiger partial charge in [-0.2, -0.15) is 0 Å². The van der Waals surface area contributed by atoms with Gasteiger partial charge < -0.3 is 10.1 Å². The van der Waals surface area contributed by atoms with Crippen LogP contribution in [0.4, 0.5) is 0 Å². The van der Waals surface area contributed by atoms with Crippen LogP contribution in [0.1, 0.15) is 59.3 Å². The zero-order valence-corrected chi connectivity index (χ0v) is 10.6. The summed E-state index contributed by atoms with van der Waals surface area (Å²) in [4.78, 5) is 0. The predicted molar refractivity (Wildman–Crippen MR) is 65.2 cm³/mol. The molecule has 15 heavy (non-hydrogen) atoms. The molecule has 0 aromatic carbocycles. The molecule has 0 aliphatic carbocycles. The second-order valence-electron chi connectivity index (χ2n) is 4.78. The average molecular weight is 213 g/mol. The molecule has 0 radical (unpaired) electrons. The Bertz CT molecular complexity index is 155. The van der Waals surface area contributed by atoms with Crippen LogP contribution in [0.25, 0.3) is 0 Å². The molecule has 1 N–H and O–H groups in total. The fourth-order valence-corrected chi connectivity index (χ4v) is 2.37. The highest BCUT2D eigenvalue weighted by Gasteiger charge is 2.25. The number of unbranched alkanes of at least 4 members (excludes halogenated alkanes) is 1. The minimum Gasteiger partial charge on any atom is -0.377 e. The number of hydrogen-bond acceptors (Lipinski definition) is 2. The maximum absolute atomic E-state index is 5.75. The van der Waals surface area contributed by atoms with Crippen LogP contribution in [-0.2, 0) is 4.74 Å². The zero-order valence-electron chi connectivity index (χ0n) is 10.6. The van der Waals surface area contributed by atoms with E-state index in [2.05, 4.69) is 26.1 Å². The van der Waals surface area contributed by atoms with Crippen molar-refractivity contribution in [2.75, 3.05) is 6.61 Å². The third-order valence-corrected chi connectivity index (χ3v) is 3.34. The highest BCUT2D eigenvalue weighted by atomic mass is 16.5. The average Bonchev–Trinajstić information content (AvgIpc) is 2.76. The molecule has 1 saturated heterocycles. The molecule has 1 aliphatic heterocycles. The van der Waals surface area contributed by atoms with E-state index in [4.69, 9.17) is 4.74 Å². The maximum atomic E-state index is 5.75. The van der Waals surface area contributed by atoms with Gasteiger partial charge in [0.2, 0.25) is 0 Å². The molecule has 0 aromatic heterocycles. The summed E-state index contributed by atoms with van der Waals surface area (Å²) in [6.45, 7) is 7.77. The highest BCUT2D eigenvalue weighted by Crippen LogP contribution is 2.18. The van der Waals surface area contributed by atoms with E-state index in [9.17, 15) is 0 Å². The van der Waals surface area contributed by atoms with Crippen molar-refractivity contribution in [3.63, 3.8) is 0 Å². The number of ether oxygens (including phenoxy) is 1. The van der Waals surface area contributed by atoms with Gasteiger partial charge in [0.05, 0.1) is 6.10 Å². The second-order valence-corrected chi connectivity index (χ2v) is 4.78. The molecule has 3 atom stereocenters. The van der Waals surface area contributed by atoms with Crippen molar-refractivity contribution in [3.05, 3.63) is 0 Å². The lowest BCUT2D eigenvalue weighted by Gasteiger charge is -2.26. The fourth-order valence-electron chi connectivity index (χ4n) is 2.37. The minimum absolute atomic E-state index is 0.471. The first kappa shape index (κ1) is 13.0. The summed E-state index contributed by atoms with van der Waals surface area (Å²) in [5.74, 6) is 0. The van der Waals surface area contributed by atoms with Crippen LogP contribution < -0.4 is 5.32 Å². The lowest BCUT2D eigenvalue weighted by molar-refractivity contribution is 0.0730. The molecule has 3 unspecified atom stereocenters. The van der Waals surface area contributed by atoms with Crippen molar-refractivity contribution < 1.29 is 4.74 Å². The van der Waals surface area contributed by atoms with E-state index in [-0.39, 0.29) is 0 Å². The van der Waals surface area contributed by atoms with Gasteiger partial charge in [0, 0.05) is 18.7 Å². The van der Waals surface area contributed by atoms with E-state index in [0.29, 0.717) is 18.2 Å². The Morgan fingerprint density at radius 1 is 1.40 bits per heavy atom. The molecule has 1 aliphatic rings. The Morgan fingerprint density at radius 2 is 2.20 bits per heavy atom. The van der Waals surface area contributed by atoms with Crippen LogP contribution >= 0.6 is 0 Å². The summed E-state index contributed by atoms with van der Waals surface area (Å²) in [6.07, 6.45) is 8.05. The first-order valence-corrected chi connectivity index (χ1v) is 6.65. The van der Waals surface area contributed by atoms with Crippen molar-refractivity contribution >= 4 is 0 Å². The summed E-state index contributed by atoms with van der Waals surface area (Å²) in [7, 11) is 0. The summed E-state index contributed by atoms with van der Waals surface area (Å²) in [5.41, 5.74) is 0. The molecule has 0 amide bonds. The third-order valence-electron chi connectivity index (χ3n) is 3.34. The molecule has 2 nitrogen and oxygen atoms in total. The first-order valence-electron chi connectivity index (χ1n) is 6.65. The topological polar surface area (TPSA) is 21.3 Å². The lowest BCUT2D eigenvalue weighted by Crippen LogP contribution is -2.43. The molecular formula is C13H27NO. The maximum Gasteiger partial charge on any atom is 0.0728 e. The van der Waals surface area contributed by atoms with E-state index in [0.717, 1.165) is 6.61 Å². The van der Waals surface area contributed by atoms with Crippen molar-refractivity contribution in [1.29, 1.82) is 0 Å². The molecule has 1 heterocycles. The Morgan fingerprint density at radius 3 is 2.73 bits per heavy atom. The normalized spacial score (nSPS) is 25.4. The third kappa shape index (κ3) is 4.52. The molecule has 0 bridgehead atoms. The quantitative estimate of drug-likeness (QED) is 0.701. The van der Waals surface area contributed by atoms with Gasteiger partial charge in [-0.1, -0.05) is 26.7 Å². The summed E-state index contributed by atoms with van der Waals surface area (Å²) < 4.78 is 5.75. The number of rotatable bonds is 7. The first-order chi connectivity index (χ1) is 7.27. The van der Waals surface area contributed by atoms with Crippen molar-refractivity contribution in [1.82, 2.24) is 5.32 Å². The van der Waals surface area contributed by atoms with Gasteiger partial charge in [-0.05, 0) is 32.6 Å². The smallest absolute Gasteiger partial charge is 0.0728 e. The molecule has 0 saturated carbocycles. The van der Waals surface area contributed by atoms with Gasteiger partial charge in [0.25, 0.3) is 0 Å². The number of nitrogens with one attached hydrogen (secondary N) is 1. The Labute approximate surface area is 94.8 Å². The van der Waals surface area contributed by atoms with E-state index in [1.165, 1.54) is 38.5 Å². The largest absolute Gasteiger partial charge is 0.377 e. The van der Waals surface area contributed by atoms with Gasteiger partial charge >= 0.3 is 0 Å². The summed E-state index contributed by atoms with van der Waals surface area (Å²) in [5, 5.41) is 3.72. The SMILES string of the molecule is CCCCC(C)NC(CC)C1CCCO1. The summed E-state index contributed by atoms with van der Waals surface area (Å²) >= 11 is 0. The van der Waals surface area contributed by atoms with E-state index < -0.39 is 0 Å². The summed E-state index contributed by atoms with van der Waals surface area (Å²) in [6, 6.07) is 1.21. The highest BCUT2D eigenvalue weighted by molar-refractivity contribution is 4.81. The van der Waals surface area contributed by atoms with E-state index >= 15 is 0 Å². The Hall–Kier alpha value is -0.0800. The molecule has 1 fully saturated rings. The molecule has 1 rings (SSSR count). The van der Waals surface area contributed by atoms with Gasteiger partial charge in [-0.25, -0.2) is 0 Å². The van der Waals surface area contributed by atoms with Gasteiger partial charge in [0.1, 0.15) is 0 Å². The molecule has 0 spiro atoms. The van der Waals surface area contributed by atoms with Gasteiger partial charge in [-0.15, -0.1) is 0 Å². The Kier molecular flexibility index (Phi) is 6.26. The van der Waals surface area contributed by atoms with Crippen LogP contribution in [0.3, 0.4) is 0 Å². The van der Waals surface area contributed by atoms with E-state index in [1.54, 1.807) is 0 Å². The van der Waals surface area contributed by atoms with Crippen LogP contribution in [0.5, 0.6) is 0 Å². The predicted octanol–water partition coefficient (Wildman–Crippen LogP) is 3.11. The molecular weight excluding hydrogens is 186 g/mol. The van der Waals surface area contributed by atoms with Crippen LogP contribution in [0, 0.1) is 0 Å². The monoisotopic (exact) mass is 213 g/mol. The second kappa shape index (κ2) is 7.24. The van der Waals surface area contributed by atoms with Crippen LogP contribution in [-0.4, -0.2) is 24.8 Å². The van der Waals surface area contributed by atoms with Crippen molar-refractivity contribution in [2.24, 2.45) is 0 Å².